The molecule has 0 bridgehead atoms. The van der Waals surface area contributed by atoms with Crippen LogP contribution in [-0.2, 0) is 12.8 Å². The van der Waals surface area contributed by atoms with E-state index in [4.69, 9.17) is 9.97 Å². The second-order valence-electron chi connectivity index (χ2n) is 6.46. The van der Waals surface area contributed by atoms with Crippen molar-refractivity contribution in [1.29, 1.82) is 0 Å². The number of hydrogen-bond acceptors (Lipinski definition) is 6. The molecule has 6 heteroatoms. The Morgan fingerprint density at radius 3 is 2.92 bits per heavy atom. The molecule has 0 spiro atoms. The lowest BCUT2D eigenvalue weighted by Crippen LogP contribution is -2.23. The maximum Gasteiger partial charge on any atom is 0.164 e. The molecule has 0 aliphatic heterocycles. The molecular formula is C19H22N4OS. The summed E-state index contributed by atoms with van der Waals surface area (Å²) in [5, 5.41) is 14.2. The topological polar surface area (TPSA) is 70.9 Å². The van der Waals surface area contributed by atoms with Crippen LogP contribution in [0, 0.1) is 0 Å². The van der Waals surface area contributed by atoms with Crippen LogP contribution in [0.5, 0.6) is 0 Å². The Morgan fingerprint density at radius 2 is 2.16 bits per heavy atom. The number of fused-ring (bicyclic) bond motifs is 3. The summed E-state index contributed by atoms with van der Waals surface area (Å²) < 4.78 is 0. The molecule has 5 nitrogen and oxygen atoms in total. The molecule has 1 aliphatic carbocycles. The van der Waals surface area contributed by atoms with E-state index in [2.05, 4.69) is 17.2 Å². The fourth-order valence-electron chi connectivity index (χ4n) is 3.36. The highest BCUT2D eigenvalue weighted by molar-refractivity contribution is 7.19. The molecule has 3 heterocycles. The summed E-state index contributed by atoms with van der Waals surface area (Å²) in [5.41, 5.74) is 2.31. The molecule has 25 heavy (non-hydrogen) atoms. The van der Waals surface area contributed by atoms with Crippen molar-refractivity contribution in [1.82, 2.24) is 15.0 Å². The van der Waals surface area contributed by atoms with Crippen LogP contribution in [0.2, 0.25) is 0 Å². The van der Waals surface area contributed by atoms with E-state index in [0.29, 0.717) is 5.82 Å². The van der Waals surface area contributed by atoms with Crippen LogP contribution in [-0.4, -0.2) is 32.7 Å². The number of aryl methyl sites for hydroxylation is 2. The number of aliphatic hydroxyl groups is 1. The van der Waals surface area contributed by atoms with E-state index in [9.17, 15) is 5.11 Å². The minimum atomic E-state index is -0.000936. The largest absolute Gasteiger partial charge is 0.394 e. The smallest absolute Gasteiger partial charge is 0.164 e. The molecule has 1 unspecified atom stereocenters. The summed E-state index contributed by atoms with van der Waals surface area (Å²) in [6.45, 7) is 2.16. The minimum Gasteiger partial charge on any atom is -0.394 e. The maximum absolute atomic E-state index is 9.62. The van der Waals surface area contributed by atoms with Gasteiger partial charge in [-0.1, -0.05) is 6.92 Å². The first-order chi connectivity index (χ1) is 12.3. The minimum absolute atomic E-state index is 0.000936. The standard InChI is InChI=1S/C19H22N4OS/c1-2-13(11-24)21-18-16-14-7-3-4-8-15(14)25-19(16)23-17(22-18)12-6-5-9-20-10-12/h5-6,9-10,13,24H,2-4,7-8,11H2,1H3,(H,21,22,23). The first kappa shape index (κ1) is 16.4. The van der Waals surface area contributed by atoms with Crippen molar-refractivity contribution in [2.24, 2.45) is 0 Å². The highest BCUT2D eigenvalue weighted by Crippen LogP contribution is 2.39. The second-order valence-corrected chi connectivity index (χ2v) is 7.54. The van der Waals surface area contributed by atoms with Gasteiger partial charge in [0.2, 0.25) is 0 Å². The SMILES string of the molecule is CCC(CO)Nc1nc(-c2cccnc2)nc2sc3c(c12)CCCC3. The summed E-state index contributed by atoms with van der Waals surface area (Å²) in [6, 6.07) is 3.88. The molecule has 0 saturated heterocycles. The fourth-order valence-corrected chi connectivity index (χ4v) is 4.62. The van der Waals surface area contributed by atoms with Crippen molar-refractivity contribution in [3.05, 3.63) is 35.0 Å². The highest BCUT2D eigenvalue weighted by Gasteiger charge is 2.22. The average Bonchev–Trinajstić information content (AvgIpc) is 3.05. The predicted molar refractivity (Wildman–Crippen MR) is 102 cm³/mol. The Bertz CT molecular complexity index is 874. The van der Waals surface area contributed by atoms with Gasteiger partial charge in [0.1, 0.15) is 10.6 Å². The van der Waals surface area contributed by atoms with Crippen LogP contribution < -0.4 is 5.32 Å². The van der Waals surface area contributed by atoms with E-state index in [1.807, 2.05) is 12.1 Å². The van der Waals surface area contributed by atoms with Crippen LogP contribution in [0.25, 0.3) is 21.6 Å². The lowest BCUT2D eigenvalue weighted by atomic mass is 9.97. The van der Waals surface area contributed by atoms with Gasteiger partial charge in [-0.25, -0.2) is 9.97 Å². The van der Waals surface area contributed by atoms with E-state index >= 15 is 0 Å². The van der Waals surface area contributed by atoms with Gasteiger partial charge in [-0.15, -0.1) is 11.3 Å². The van der Waals surface area contributed by atoms with Crippen LogP contribution in [0.15, 0.2) is 24.5 Å². The first-order valence-electron chi connectivity index (χ1n) is 8.90. The predicted octanol–water partition coefficient (Wildman–Crippen LogP) is 3.81. The van der Waals surface area contributed by atoms with Crippen molar-refractivity contribution in [3.63, 3.8) is 0 Å². The fraction of sp³-hybridized carbons (Fsp3) is 0.421. The molecule has 1 atom stereocenters. The number of pyridine rings is 1. The monoisotopic (exact) mass is 354 g/mol. The molecule has 2 N–H and O–H groups in total. The van der Waals surface area contributed by atoms with Crippen molar-refractivity contribution >= 4 is 27.4 Å². The van der Waals surface area contributed by atoms with E-state index in [-0.39, 0.29) is 12.6 Å². The summed E-state index contributed by atoms with van der Waals surface area (Å²) in [4.78, 5) is 16.3. The zero-order chi connectivity index (χ0) is 17.2. The number of nitrogens with zero attached hydrogens (tertiary/aromatic N) is 3. The van der Waals surface area contributed by atoms with Crippen molar-refractivity contribution in [2.45, 2.75) is 45.1 Å². The molecule has 0 aromatic carbocycles. The summed E-state index contributed by atoms with van der Waals surface area (Å²) >= 11 is 1.79. The van der Waals surface area contributed by atoms with Crippen LogP contribution in [0.3, 0.4) is 0 Å². The van der Waals surface area contributed by atoms with Gasteiger partial charge in [-0.3, -0.25) is 4.98 Å². The molecule has 0 saturated carbocycles. The number of hydrogen-bond donors (Lipinski definition) is 2. The molecule has 0 fully saturated rings. The van der Waals surface area contributed by atoms with E-state index in [0.717, 1.165) is 40.9 Å². The second kappa shape index (κ2) is 7.06. The Labute approximate surface area is 151 Å². The van der Waals surface area contributed by atoms with E-state index in [1.165, 1.54) is 23.3 Å². The molecule has 4 rings (SSSR count). The third-order valence-corrected chi connectivity index (χ3v) is 5.97. The van der Waals surface area contributed by atoms with E-state index < -0.39 is 0 Å². The average molecular weight is 354 g/mol. The summed E-state index contributed by atoms with van der Waals surface area (Å²) in [6.07, 6.45) is 9.09. The van der Waals surface area contributed by atoms with Gasteiger partial charge in [-0.05, 0) is 49.8 Å². The van der Waals surface area contributed by atoms with Crippen LogP contribution in [0.4, 0.5) is 5.82 Å². The number of aromatic nitrogens is 3. The van der Waals surface area contributed by atoms with E-state index in [1.54, 1.807) is 23.7 Å². The number of rotatable bonds is 5. The van der Waals surface area contributed by atoms with Gasteiger partial charge in [0.25, 0.3) is 0 Å². The quantitative estimate of drug-likeness (QED) is 0.729. The van der Waals surface area contributed by atoms with Crippen LogP contribution in [0.1, 0.15) is 36.6 Å². The summed E-state index contributed by atoms with van der Waals surface area (Å²) in [7, 11) is 0. The molecule has 1 aliphatic rings. The molecule has 130 valence electrons. The molecule has 3 aromatic rings. The Balaban J connectivity index is 1.89. The summed E-state index contributed by atoms with van der Waals surface area (Å²) in [5.74, 6) is 1.54. The lowest BCUT2D eigenvalue weighted by molar-refractivity contribution is 0.271. The maximum atomic E-state index is 9.62. The van der Waals surface area contributed by atoms with Gasteiger partial charge in [0.05, 0.1) is 18.0 Å². The Kier molecular flexibility index (Phi) is 4.63. The molecular weight excluding hydrogens is 332 g/mol. The van der Waals surface area contributed by atoms with Gasteiger partial charge >= 0.3 is 0 Å². The molecule has 0 radical (unpaired) electrons. The lowest BCUT2D eigenvalue weighted by Gasteiger charge is -2.18. The highest BCUT2D eigenvalue weighted by atomic mass is 32.1. The third kappa shape index (κ3) is 3.12. The van der Waals surface area contributed by atoms with Crippen molar-refractivity contribution < 1.29 is 5.11 Å². The number of anilines is 1. The van der Waals surface area contributed by atoms with Gasteiger partial charge in [-0.2, -0.15) is 0 Å². The Morgan fingerprint density at radius 1 is 1.28 bits per heavy atom. The van der Waals surface area contributed by atoms with Gasteiger partial charge < -0.3 is 10.4 Å². The number of aliphatic hydroxyl groups excluding tert-OH is 1. The zero-order valence-corrected chi connectivity index (χ0v) is 15.1. The molecule has 3 aromatic heterocycles. The number of thiophene rings is 1. The van der Waals surface area contributed by atoms with Gasteiger partial charge in [0, 0.05) is 22.8 Å². The van der Waals surface area contributed by atoms with Crippen molar-refractivity contribution in [3.8, 4) is 11.4 Å². The number of nitrogens with one attached hydrogen (secondary N) is 1. The zero-order valence-electron chi connectivity index (χ0n) is 14.3. The van der Waals surface area contributed by atoms with Gasteiger partial charge in [0.15, 0.2) is 5.82 Å². The normalized spacial score (nSPS) is 15.1. The first-order valence-corrected chi connectivity index (χ1v) is 9.72. The third-order valence-electron chi connectivity index (χ3n) is 4.79. The Hall–Kier alpha value is -2.05. The molecule has 0 amide bonds. The van der Waals surface area contributed by atoms with Crippen LogP contribution >= 0.6 is 11.3 Å². The van der Waals surface area contributed by atoms with Crippen molar-refractivity contribution in [2.75, 3.05) is 11.9 Å².